The Morgan fingerprint density at radius 2 is 1.69 bits per heavy atom. The van der Waals surface area contributed by atoms with Gasteiger partial charge in [0, 0.05) is 24.5 Å². The third-order valence-electron chi connectivity index (χ3n) is 3.93. The molecule has 0 bridgehead atoms. The van der Waals surface area contributed by atoms with Crippen LogP contribution < -0.4 is 5.32 Å². The van der Waals surface area contributed by atoms with Crippen molar-refractivity contribution in [3.63, 3.8) is 0 Å². The van der Waals surface area contributed by atoms with Crippen LogP contribution in [0.2, 0.25) is 0 Å². The molecule has 0 unspecified atom stereocenters. The molecule has 1 N–H and O–H groups in total. The van der Waals surface area contributed by atoms with E-state index in [9.17, 15) is 14.4 Å². The van der Waals surface area contributed by atoms with Gasteiger partial charge in [-0.2, -0.15) is 0 Å². The van der Waals surface area contributed by atoms with Gasteiger partial charge in [0.25, 0.3) is 5.91 Å². The average molecular weight is 415 g/mol. The van der Waals surface area contributed by atoms with E-state index in [0.29, 0.717) is 17.0 Å². The predicted molar refractivity (Wildman–Crippen MR) is 114 cm³/mol. The topological polar surface area (TPSA) is 75.7 Å². The molecule has 0 aliphatic carbocycles. The number of likely N-dealkylation sites (N-methyl/N-ethyl adjacent to an activating group) is 1. The molecule has 0 atom stereocenters. The van der Waals surface area contributed by atoms with E-state index in [1.165, 1.54) is 16.7 Å². The lowest BCUT2D eigenvalue weighted by Crippen LogP contribution is -2.31. The number of nitrogens with one attached hydrogen (secondary N) is 1. The van der Waals surface area contributed by atoms with Gasteiger partial charge in [0.05, 0.1) is 11.3 Å². The number of benzene rings is 2. The van der Waals surface area contributed by atoms with Gasteiger partial charge >= 0.3 is 5.97 Å². The van der Waals surface area contributed by atoms with Crippen LogP contribution in [0.25, 0.3) is 0 Å². The minimum absolute atomic E-state index is 0.0576. The second-order valence-electron chi connectivity index (χ2n) is 6.82. The average Bonchev–Trinajstić information content (AvgIpc) is 2.70. The summed E-state index contributed by atoms with van der Waals surface area (Å²) in [5.41, 5.74) is 1.34. The van der Waals surface area contributed by atoms with Crippen molar-refractivity contribution in [2.45, 2.75) is 31.3 Å². The lowest BCUT2D eigenvalue weighted by Gasteiger charge is -2.17. The van der Waals surface area contributed by atoms with E-state index in [4.69, 9.17) is 4.74 Å². The Morgan fingerprint density at radius 1 is 1.03 bits per heavy atom. The van der Waals surface area contributed by atoms with Crippen molar-refractivity contribution >= 4 is 29.5 Å². The van der Waals surface area contributed by atoms with Crippen LogP contribution in [-0.4, -0.2) is 48.1 Å². The molecule has 0 fully saturated rings. The first-order valence-electron chi connectivity index (χ1n) is 9.33. The number of carbonyl (C=O) groups excluding carboxylic acids is 3. The number of hydrogen-bond donors (Lipinski definition) is 1. The first kappa shape index (κ1) is 22.5. The van der Waals surface area contributed by atoms with Crippen LogP contribution in [0.5, 0.6) is 0 Å². The lowest BCUT2D eigenvalue weighted by atomic mass is 10.2. The quantitative estimate of drug-likeness (QED) is 0.504. The minimum atomic E-state index is -0.584. The SMILES string of the molecule is CC(C)NC(=O)CSc1ccccc1C(=O)OCC(=O)N(C)Cc1ccccc1. The molecule has 7 heteroatoms. The van der Waals surface area contributed by atoms with E-state index in [1.807, 2.05) is 44.2 Å². The van der Waals surface area contributed by atoms with E-state index >= 15 is 0 Å². The molecule has 0 aliphatic rings. The number of esters is 1. The summed E-state index contributed by atoms with van der Waals surface area (Å²) in [5, 5.41) is 2.81. The number of nitrogens with zero attached hydrogens (tertiary/aromatic N) is 1. The molecular formula is C22H26N2O4S. The zero-order valence-corrected chi connectivity index (χ0v) is 17.7. The number of carbonyl (C=O) groups is 3. The maximum Gasteiger partial charge on any atom is 0.339 e. The molecule has 0 heterocycles. The van der Waals surface area contributed by atoms with E-state index in [2.05, 4.69) is 5.32 Å². The molecule has 2 amide bonds. The van der Waals surface area contributed by atoms with Gasteiger partial charge in [-0.25, -0.2) is 4.79 Å². The molecule has 2 aromatic rings. The molecule has 0 aliphatic heterocycles. The van der Waals surface area contributed by atoms with E-state index in [0.717, 1.165) is 5.56 Å². The molecule has 2 rings (SSSR count). The predicted octanol–water partition coefficient (Wildman–Crippen LogP) is 3.12. The Morgan fingerprint density at radius 3 is 2.38 bits per heavy atom. The molecule has 2 aromatic carbocycles. The normalized spacial score (nSPS) is 10.5. The Bertz CT molecular complexity index is 840. The van der Waals surface area contributed by atoms with Crippen LogP contribution in [0.15, 0.2) is 59.5 Å². The van der Waals surface area contributed by atoms with Crippen LogP contribution in [0.1, 0.15) is 29.8 Å². The zero-order valence-electron chi connectivity index (χ0n) is 16.9. The Balaban J connectivity index is 1.90. The fourth-order valence-corrected chi connectivity index (χ4v) is 3.38. The molecule has 0 saturated carbocycles. The van der Waals surface area contributed by atoms with Gasteiger partial charge in [0.2, 0.25) is 5.91 Å². The Kier molecular flexibility index (Phi) is 8.73. The lowest BCUT2D eigenvalue weighted by molar-refractivity contribution is -0.133. The van der Waals surface area contributed by atoms with Crippen LogP contribution >= 0.6 is 11.8 Å². The summed E-state index contributed by atoms with van der Waals surface area (Å²) in [6.07, 6.45) is 0. The van der Waals surface area contributed by atoms with Crippen molar-refractivity contribution in [3.8, 4) is 0 Å². The van der Waals surface area contributed by atoms with Crippen molar-refractivity contribution in [1.29, 1.82) is 0 Å². The summed E-state index contributed by atoms with van der Waals surface area (Å²) in [5.74, 6) is -0.783. The van der Waals surface area contributed by atoms with Crippen LogP contribution in [0.4, 0.5) is 0 Å². The number of ether oxygens (including phenoxy) is 1. The van der Waals surface area contributed by atoms with Gasteiger partial charge in [-0.15, -0.1) is 11.8 Å². The summed E-state index contributed by atoms with van der Waals surface area (Å²) in [6.45, 7) is 3.88. The van der Waals surface area contributed by atoms with Crippen molar-refractivity contribution in [2.24, 2.45) is 0 Å². The minimum Gasteiger partial charge on any atom is -0.452 e. The van der Waals surface area contributed by atoms with E-state index in [-0.39, 0.29) is 30.2 Å². The third kappa shape index (κ3) is 7.62. The van der Waals surface area contributed by atoms with Gasteiger partial charge in [-0.1, -0.05) is 42.5 Å². The highest BCUT2D eigenvalue weighted by Gasteiger charge is 2.17. The van der Waals surface area contributed by atoms with E-state index < -0.39 is 5.97 Å². The maximum absolute atomic E-state index is 12.5. The number of thioether (sulfide) groups is 1. The summed E-state index contributed by atoms with van der Waals surface area (Å²) in [7, 11) is 1.67. The summed E-state index contributed by atoms with van der Waals surface area (Å²) >= 11 is 1.26. The monoisotopic (exact) mass is 414 g/mol. The molecule has 0 aromatic heterocycles. The smallest absolute Gasteiger partial charge is 0.339 e. The highest BCUT2D eigenvalue weighted by atomic mass is 32.2. The highest BCUT2D eigenvalue weighted by Crippen LogP contribution is 2.23. The number of amides is 2. The Hall–Kier alpha value is -2.80. The van der Waals surface area contributed by atoms with Gasteiger partial charge < -0.3 is 15.0 Å². The summed E-state index contributed by atoms with van der Waals surface area (Å²) < 4.78 is 5.22. The molecule has 6 nitrogen and oxygen atoms in total. The standard InChI is InChI=1S/C22H26N2O4S/c1-16(2)23-20(25)15-29-19-12-8-7-11-18(19)22(27)28-14-21(26)24(3)13-17-9-5-4-6-10-17/h4-12,16H,13-15H2,1-3H3,(H,23,25). The number of hydrogen-bond acceptors (Lipinski definition) is 5. The van der Waals surface area contributed by atoms with Crippen LogP contribution in [-0.2, 0) is 20.9 Å². The fourth-order valence-electron chi connectivity index (χ4n) is 2.53. The molecule has 29 heavy (non-hydrogen) atoms. The van der Waals surface area contributed by atoms with Crippen molar-refractivity contribution in [3.05, 3.63) is 65.7 Å². The molecule has 0 radical (unpaired) electrons. The van der Waals surface area contributed by atoms with Gasteiger partial charge in [-0.05, 0) is 31.5 Å². The van der Waals surface area contributed by atoms with Gasteiger partial charge in [-0.3, -0.25) is 9.59 Å². The summed E-state index contributed by atoms with van der Waals surface area (Å²) in [6, 6.07) is 16.5. The Labute approximate surface area is 175 Å². The van der Waals surface area contributed by atoms with E-state index in [1.54, 1.807) is 31.3 Å². The third-order valence-corrected chi connectivity index (χ3v) is 5.00. The van der Waals surface area contributed by atoms with Crippen molar-refractivity contribution < 1.29 is 19.1 Å². The van der Waals surface area contributed by atoms with Gasteiger partial charge in [0.1, 0.15) is 0 Å². The molecular weight excluding hydrogens is 388 g/mol. The number of rotatable bonds is 9. The van der Waals surface area contributed by atoms with Crippen LogP contribution in [0.3, 0.4) is 0 Å². The second kappa shape index (κ2) is 11.3. The first-order valence-corrected chi connectivity index (χ1v) is 10.3. The second-order valence-corrected chi connectivity index (χ2v) is 7.84. The van der Waals surface area contributed by atoms with Crippen molar-refractivity contribution in [2.75, 3.05) is 19.4 Å². The van der Waals surface area contributed by atoms with Crippen LogP contribution in [0, 0.1) is 0 Å². The first-order chi connectivity index (χ1) is 13.9. The summed E-state index contributed by atoms with van der Waals surface area (Å²) in [4.78, 5) is 38.7. The highest BCUT2D eigenvalue weighted by molar-refractivity contribution is 8.00. The largest absolute Gasteiger partial charge is 0.452 e. The molecule has 0 spiro atoms. The fraction of sp³-hybridized carbons (Fsp3) is 0.318. The zero-order chi connectivity index (χ0) is 21.2. The maximum atomic E-state index is 12.5. The molecule has 0 saturated heterocycles. The molecule has 154 valence electrons. The van der Waals surface area contributed by atoms with Gasteiger partial charge in [0.15, 0.2) is 6.61 Å². The van der Waals surface area contributed by atoms with Crippen molar-refractivity contribution in [1.82, 2.24) is 10.2 Å².